The molecule has 176 valence electrons. The van der Waals surface area contributed by atoms with Gasteiger partial charge in [-0.1, -0.05) is 91.9 Å². The third-order valence-corrected chi connectivity index (χ3v) is 6.89. The van der Waals surface area contributed by atoms with Crippen LogP contribution >= 0.6 is 0 Å². The van der Waals surface area contributed by atoms with E-state index >= 15 is 0 Å². The average Bonchev–Trinajstić information content (AvgIpc) is 2.73. The van der Waals surface area contributed by atoms with Crippen molar-refractivity contribution in [3.05, 3.63) is 0 Å². The lowest BCUT2D eigenvalue weighted by molar-refractivity contribution is -0.167. The van der Waals surface area contributed by atoms with Gasteiger partial charge in [0.05, 0.1) is 25.0 Å². The molecule has 1 fully saturated rings. The minimum absolute atomic E-state index is 0.155. The maximum Gasteiger partial charge on any atom is 0.310 e. The number of esters is 2. The van der Waals surface area contributed by atoms with Crippen molar-refractivity contribution in [1.29, 1.82) is 0 Å². The van der Waals surface area contributed by atoms with Gasteiger partial charge in [0.15, 0.2) is 0 Å². The fourth-order valence-corrected chi connectivity index (χ4v) is 4.56. The summed E-state index contributed by atoms with van der Waals surface area (Å²) in [7, 11) is 0. The molecule has 0 aliphatic heterocycles. The number of rotatable bonds is 16. The highest BCUT2D eigenvalue weighted by Crippen LogP contribution is 2.40. The van der Waals surface area contributed by atoms with Gasteiger partial charge in [0.25, 0.3) is 0 Å². The molecule has 0 aromatic rings. The fraction of sp³-hybridized carbons (Fsp3) is 0.923. The number of carbonyl (C=O) groups is 2. The Hall–Kier alpha value is -1.06. The van der Waals surface area contributed by atoms with E-state index in [0.29, 0.717) is 19.1 Å². The van der Waals surface area contributed by atoms with Crippen LogP contribution in [0.5, 0.6) is 0 Å². The van der Waals surface area contributed by atoms with Crippen molar-refractivity contribution in [3.8, 4) is 0 Å². The molecule has 0 radical (unpaired) electrons. The van der Waals surface area contributed by atoms with Crippen molar-refractivity contribution in [2.75, 3.05) is 13.2 Å². The highest BCUT2D eigenvalue weighted by Gasteiger charge is 2.44. The molecule has 0 N–H and O–H groups in total. The first-order valence-corrected chi connectivity index (χ1v) is 12.9. The summed E-state index contributed by atoms with van der Waals surface area (Å²) < 4.78 is 11.2. The zero-order valence-corrected chi connectivity index (χ0v) is 20.3. The standard InChI is InChI=1S/C26H48O4/c1-5-7-9-11-13-15-19-29-25(27)23-18-17-21(3)22(4)24(23)26(28)30-20-16-14-12-10-8-6-2/h21-24H,5-20H2,1-4H3. The molecule has 1 rings (SSSR count). The van der Waals surface area contributed by atoms with Gasteiger partial charge in [-0.25, -0.2) is 0 Å². The van der Waals surface area contributed by atoms with E-state index in [-0.39, 0.29) is 29.7 Å². The van der Waals surface area contributed by atoms with Crippen LogP contribution < -0.4 is 0 Å². The van der Waals surface area contributed by atoms with Gasteiger partial charge < -0.3 is 9.47 Å². The maximum atomic E-state index is 12.9. The van der Waals surface area contributed by atoms with E-state index in [0.717, 1.165) is 38.5 Å². The molecule has 0 amide bonds. The Labute approximate surface area is 185 Å². The monoisotopic (exact) mass is 424 g/mol. The number of ether oxygens (including phenoxy) is 2. The van der Waals surface area contributed by atoms with Gasteiger partial charge >= 0.3 is 11.9 Å². The molecule has 4 heteroatoms. The Morgan fingerprint density at radius 1 is 0.667 bits per heavy atom. The molecule has 4 nitrogen and oxygen atoms in total. The molecule has 4 atom stereocenters. The highest BCUT2D eigenvalue weighted by atomic mass is 16.5. The molecule has 1 aliphatic rings. The van der Waals surface area contributed by atoms with Crippen molar-refractivity contribution < 1.29 is 19.1 Å². The predicted octanol–water partition coefficient (Wildman–Crippen LogP) is 7.09. The number of carbonyl (C=O) groups excluding carboxylic acids is 2. The van der Waals surface area contributed by atoms with Crippen molar-refractivity contribution in [2.24, 2.45) is 23.7 Å². The molecule has 4 unspecified atom stereocenters. The van der Waals surface area contributed by atoms with E-state index in [1.165, 1.54) is 51.4 Å². The van der Waals surface area contributed by atoms with Crippen LogP contribution in [0.4, 0.5) is 0 Å². The Balaban J connectivity index is 2.41. The lowest BCUT2D eigenvalue weighted by Gasteiger charge is -2.37. The fourth-order valence-electron chi connectivity index (χ4n) is 4.56. The van der Waals surface area contributed by atoms with E-state index in [1.807, 2.05) is 0 Å². The summed E-state index contributed by atoms with van der Waals surface area (Å²) in [5, 5.41) is 0. The molecule has 0 heterocycles. The van der Waals surface area contributed by atoms with Crippen LogP contribution in [0.2, 0.25) is 0 Å². The smallest absolute Gasteiger partial charge is 0.310 e. The predicted molar refractivity (Wildman–Crippen MR) is 123 cm³/mol. The summed E-state index contributed by atoms with van der Waals surface area (Å²) in [5.74, 6) is -0.492. The molecule has 30 heavy (non-hydrogen) atoms. The van der Waals surface area contributed by atoms with Crippen LogP contribution in [0.25, 0.3) is 0 Å². The minimum atomic E-state index is -0.356. The second-order valence-electron chi connectivity index (χ2n) is 9.42. The van der Waals surface area contributed by atoms with Gasteiger partial charge in [0.2, 0.25) is 0 Å². The first kappa shape index (κ1) is 27.0. The van der Waals surface area contributed by atoms with Gasteiger partial charge in [-0.2, -0.15) is 0 Å². The maximum absolute atomic E-state index is 12.9. The van der Waals surface area contributed by atoms with E-state index in [4.69, 9.17) is 9.47 Å². The van der Waals surface area contributed by atoms with Crippen molar-refractivity contribution in [3.63, 3.8) is 0 Å². The van der Waals surface area contributed by atoms with Crippen LogP contribution in [-0.4, -0.2) is 25.2 Å². The van der Waals surface area contributed by atoms with E-state index in [9.17, 15) is 9.59 Å². The third-order valence-electron chi connectivity index (χ3n) is 6.89. The molecule has 1 saturated carbocycles. The summed E-state index contributed by atoms with van der Waals surface area (Å²) in [6, 6.07) is 0. The second kappa shape index (κ2) is 16.6. The number of hydrogen-bond acceptors (Lipinski definition) is 4. The normalized spacial score (nSPS) is 23.9. The van der Waals surface area contributed by atoms with Crippen LogP contribution in [0.3, 0.4) is 0 Å². The number of unbranched alkanes of at least 4 members (excludes halogenated alkanes) is 10. The van der Waals surface area contributed by atoms with E-state index in [1.54, 1.807) is 0 Å². The summed E-state index contributed by atoms with van der Waals surface area (Å²) in [5.41, 5.74) is 0. The summed E-state index contributed by atoms with van der Waals surface area (Å²) >= 11 is 0. The van der Waals surface area contributed by atoms with Crippen molar-refractivity contribution in [2.45, 2.75) is 118 Å². The largest absolute Gasteiger partial charge is 0.465 e. The van der Waals surface area contributed by atoms with Gasteiger partial charge in [0.1, 0.15) is 0 Å². The SMILES string of the molecule is CCCCCCCCOC(=O)C1CCC(C)C(C)C1C(=O)OCCCCCCCC. The van der Waals surface area contributed by atoms with Crippen LogP contribution in [0.15, 0.2) is 0 Å². The topological polar surface area (TPSA) is 52.6 Å². The number of hydrogen-bond donors (Lipinski definition) is 0. The molecule has 0 spiro atoms. The molecular formula is C26H48O4. The summed E-state index contributed by atoms with van der Waals surface area (Å²) in [6.45, 7) is 9.64. The quantitative estimate of drug-likeness (QED) is 0.196. The molecule has 0 aromatic carbocycles. The Bertz CT molecular complexity index is 462. The summed E-state index contributed by atoms with van der Waals surface area (Å²) in [6.07, 6.45) is 15.7. The zero-order valence-electron chi connectivity index (χ0n) is 20.3. The van der Waals surface area contributed by atoms with Gasteiger partial charge in [-0.05, 0) is 37.5 Å². The van der Waals surface area contributed by atoms with Crippen LogP contribution in [-0.2, 0) is 19.1 Å². The van der Waals surface area contributed by atoms with Crippen LogP contribution in [0.1, 0.15) is 118 Å². The van der Waals surface area contributed by atoms with Crippen molar-refractivity contribution >= 4 is 11.9 Å². The minimum Gasteiger partial charge on any atom is -0.465 e. The Morgan fingerprint density at radius 3 is 1.67 bits per heavy atom. The molecule has 1 aliphatic carbocycles. The van der Waals surface area contributed by atoms with Crippen molar-refractivity contribution in [1.82, 2.24) is 0 Å². The highest BCUT2D eigenvalue weighted by molar-refractivity contribution is 5.82. The van der Waals surface area contributed by atoms with E-state index < -0.39 is 0 Å². The third kappa shape index (κ3) is 10.3. The first-order valence-electron chi connectivity index (χ1n) is 12.9. The first-order chi connectivity index (χ1) is 14.5. The molecule has 0 bridgehead atoms. The lowest BCUT2D eigenvalue weighted by atomic mass is 9.68. The Kier molecular flexibility index (Phi) is 14.9. The lowest BCUT2D eigenvalue weighted by Crippen LogP contribution is -2.42. The average molecular weight is 425 g/mol. The Morgan fingerprint density at radius 2 is 1.13 bits per heavy atom. The van der Waals surface area contributed by atoms with Crippen LogP contribution in [0, 0.1) is 23.7 Å². The van der Waals surface area contributed by atoms with Gasteiger partial charge in [0, 0.05) is 0 Å². The molecule has 0 saturated heterocycles. The summed E-state index contributed by atoms with van der Waals surface area (Å²) in [4.78, 5) is 25.6. The molecular weight excluding hydrogens is 376 g/mol. The van der Waals surface area contributed by atoms with E-state index in [2.05, 4.69) is 27.7 Å². The van der Waals surface area contributed by atoms with Gasteiger partial charge in [-0.3, -0.25) is 9.59 Å². The van der Waals surface area contributed by atoms with Gasteiger partial charge in [-0.15, -0.1) is 0 Å². The second-order valence-corrected chi connectivity index (χ2v) is 9.42. The molecule has 0 aromatic heterocycles. The zero-order chi connectivity index (χ0) is 22.2.